The van der Waals surface area contributed by atoms with Crippen LogP contribution in [0.1, 0.15) is 18.7 Å². The van der Waals surface area contributed by atoms with Gasteiger partial charge in [0.2, 0.25) is 11.8 Å². The number of thiazole rings is 1. The van der Waals surface area contributed by atoms with E-state index in [1.54, 1.807) is 6.92 Å². The van der Waals surface area contributed by atoms with Crippen molar-refractivity contribution in [2.45, 2.75) is 19.0 Å². The molecule has 2 rings (SSSR count). The number of amides is 2. The fourth-order valence-electron chi connectivity index (χ4n) is 2.37. The molecule has 2 amide bonds. The highest BCUT2D eigenvalue weighted by atomic mass is 32.2. The van der Waals surface area contributed by atoms with Gasteiger partial charge in [-0.25, -0.2) is 13.3 Å². The molecule has 1 aliphatic heterocycles. The van der Waals surface area contributed by atoms with E-state index in [-0.39, 0.29) is 27.4 Å². The van der Waals surface area contributed by atoms with Crippen LogP contribution in [0.2, 0.25) is 0 Å². The summed E-state index contributed by atoms with van der Waals surface area (Å²) in [5.74, 6) is -2.10. The molecule has 1 aliphatic rings. The second kappa shape index (κ2) is 6.89. The van der Waals surface area contributed by atoms with Gasteiger partial charge in [0.05, 0.1) is 0 Å². The van der Waals surface area contributed by atoms with E-state index in [4.69, 9.17) is 20.9 Å². The summed E-state index contributed by atoms with van der Waals surface area (Å²) in [6, 6.07) is -2.91. The third-order valence-corrected chi connectivity index (χ3v) is 5.10. The van der Waals surface area contributed by atoms with Crippen molar-refractivity contribution in [1.82, 2.24) is 4.31 Å². The standard InChI is InChI=1S/C11H14FN5O6S2/c1-2-23-15-7(9(13)18)6-4-24-11(14)16(6)8-5(3-12)17(10(8)19)25(20,21)22/h4-5,8,14H,2-3H2,1H3,(H3,13,18,20,21,22)/p+1/b15-7-/t5-,8-/m0/s1. The van der Waals surface area contributed by atoms with Crippen LogP contribution < -0.4 is 16.0 Å². The number of halogens is 1. The molecule has 14 heteroatoms. The topological polar surface area (TPSA) is 169 Å². The van der Waals surface area contributed by atoms with Gasteiger partial charge in [-0.3, -0.25) is 19.9 Å². The lowest BCUT2D eigenvalue weighted by Gasteiger charge is -2.40. The summed E-state index contributed by atoms with van der Waals surface area (Å²) in [6.45, 7) is 0.464. The number of carbonyl (C=O) groups excluding carboxylic acids is 2. The first-order valence-corrected chi connectivity index (χ1v) is 9.08. The Morgan fingerprint density at radius 2 is 2.24 bits per heavy atom. The maximum absolute atomic E-state index is 13.3. The van der Waals surface area contributed by atoms with Gasteiger partial charge in [-0.05, 0) is 6.92 Å². The number of aromatic nitrogens is 1. The van der Waals surface area contributed by atoms with Crippen molar-refractivity contribution in [3.63, 3.8) is 0 Å². The number of anilines is 1. The summed E-state index contributed by atoms with van der Waals surface area (Å²) in [7, 11) is -4.93. The number of alkyl halides is 1. The van der Waals surface area contributed by atoms with Crippen molar-refractivity contribution in [3.05, 3.63) is 11.1 Å². The van der Waals surface area contributed by atoms with E-state index in [1.807, 2.05) is 0 Å². The molecule has 138 valence electrons. The maximum atomic E-state index is 13.3. The highest BCUT2D eigenvalue weighted by molar-refractivity contribution is 7.84. The molecule has 2 atom stereocenters. The molecular weight excluding hydrogens is 381 g/mol. The van der Waals surface area contributed by atoms with Crippen LogP contribution in [0, 0.1) is 0 Å². The van der Waals surface area contributed by atoms with Gasteiger partial charge < -0.3 is 10.6 Å². The number of primary amides is 1. The van der Waals surface area contributed by atoms with Crippen molar-refractivity contribution in [1.29, 1.82) is 0 Å². The second-order valence-corrected chi connectivity index (χ2v) is 7.01. The number of β-lactam (4-membered cyclic amide) rings is 1. The lowest BCUT2D eigenvalue weighted by Crippen LogP contribution is -2.72. The average molecular weight is 396 g/mol. The molecule has 0 aromatic carbocycles. The summed E-state index contributed by atoms with van der Waals surface area (Å²) in [6.07, 6.45) is 0. The summed E-state index contributed by atoms with van der Waals surface area (Å²) in [5, 5.41) is 4.88. The molecule has 2 heterocycles. The van der Waals surface area contributed by atoms with E-state index in [0.29, 0.717) is 0 Å². The number of nitrogen functional groups attached to an aromatic ring is 1. The normalized spacial score (nSPS) is 21.2. The molecule has 0 saturated carbocycles. The summed E-state index contributed by atoms with van der Waals surface area (Å²) >= 11 is 0.903. The van der Waals surface area contributed by atoms with Gasteiger partial charge in [-0.1, -0.05) is 16.5 Å². The molecular formula is C11H15FN5O6S2+. The number of nitrogens with zero attached hydrogens (tertiary/aromatic N) is 3. The Bertz CT molecular complexity index is 838. The third-order valence-electron chi connectivity index (χ3n) is 3.37. The zero-order valence-corrected chi connectivity index (χ0v) is 14.5. The Morgan fingerprint density at radius 1 is 1.60 bits per heavy atom. The first-order chi connectivity index (χ1) is 11.6. The Labute approximate surface area is 145 Å². The minimum absolute atomic E-state index is 0.00911. The van der Waals surface area contributed by atoms with E-state index in [0.717, 1.165) is 15.9 Å². The largest absolute Gasteiger partial charge is 0.395 e. The third kappa shape index (κ3) is 3.27. The van der Waals surface area contributed by atoms with Crippen molar-refractivity contribution in [2.24, 2.45) is 10.9 Å². The van der Waals surface area contributed by atoms with Gasteiger partial charge in [0.1, 0.15) is 19.3 Å². The van der Waals surface area contributed by atoms with Gasteiger partial charge in [0, 0.05) is 5.38 Å². The van der Waals surface area contributed by atoms with E-state index >= 15 is 0 Å². The molecule has 1 fully saturated rings. The van der Waals surface area contributed by atoms with Crippen LogP contribution in [0.15, 0.2) is 10.5 Å². The van der Waals surface area contributed by atoms with Gasteiger partial charge in [-0.15, -0.1) is 0 Å². The Morgan fingerprint density at radius 3 is 2.72 bits per heavy atom. The molecule has 5 N–H and O–H groups in total. The zero-order chi connectivity index (χ0) is 18.9. The molecule has 0 aliphatic carbocycles. The van der Waals surface area contributed by atoms with Crippen molar-refractivity contribution in [2.75, 3.05) is 19.0 Å². The smallest absolute Gasteiger partial charge is 0.362 e. The van der Waals surface area contributed by atoms with Crippen LogP contribution in [-0.4, -0.2) is 54.1 Å². The SMILES string of the molecule is CCO/N=C(\C(N)=O)c1csc(N)[n+]1[C@@H]1C(=O)N(S(=O)(=O)O)[C@H]1CF. The van der Waals surface area contributed by atoms with Crippen LogP contribution in [0.25, 0.3) is 0 Å². The van der Waals surface area contributed by atoms with Gasteiger partial charge in [-0.2, -0.15) is 8.42 Å². The summed E-state index contributed by atoms with van der Waals surface area (Å²) in [5.41, 5.74) is 10.6. The van der Waals surface area contributed by atoms with E-state index in [2.05, 4.69) is 5.16 Å². The minimum atomic E-state index is -4.93. The van der Waals surface area contributed by atoms with Gasteiger partial charge in [0.25, 0.3) is 11.8 Å². The number of nitrogens with two attached hydrogens (primary N) is 2. The number of hydrogen-bond acceptors (Lipinski definition) is 8. The van der Waals surface area contributed by atoms with Crippen LogP contribution in [0.5, 0.6) is 0 Å². The van der Waals surface area contributed by atoms with Crippen LogP contribution >= 0.6 is 11.3 Å². The Hall–Kier alpha value is -2.32. The predicted octanol–water partition coefficient (Wildman–Crippen LogP) is -1.63. The Balaban J connectivity index is 2.53. The molecule has 0 spiro atoms. The molecule has 0 unspecified atom stereocenters. The molecule has 1 saturated heterocycles. The molecule has 0 bridgehead atoms. The highest BCUT2D eigenvalue weighted by Gasteiger charge is 2.58. The van der Waals surface area contributed by atoms with Crippen LogP contribution in [0.3, 0.4) is 0 Å². The quantitative estimate of drug-likeness (QED) is 0.163. The zero-order valence-electron chi connectivity index (χ0n) is 12.8. The lowest BCUT2D eigenvalue weighted by atomic mass is 9.99. The molecule has 1 aromatic rings. The number of carbonyl (C=O) groups is 2. The molecule has 25 heavy (non-hydrogen) atoms. The average Bonchev–Trinajstić information content (AvgIpc) is 2.85. The maximum Gasteiger partial charge on any atom is 0.362 e. The lowest BCUT2D eigenvalue weighted by molar-refractivity contribution is -0.704. The molecule has 1 aromatic heterocycles. The fraction of sp³-hybridized carbons (Fsp3) is 0.455. The number of rotatable bonds is 7. The van der Waals surface area contributed by atoms with E-state index in [1.165, 1.54) is 5.38 Å². The number of oxime groups is 1. The van der Waals surface area contributed by atoms with Crippen molar-refractivity contribution >= 4 is 44.3 Å². The number of hydrogen-bond donors (Lipinski definition) is 3. The molecule has 0 radical (unpaired) electrons. The van der Waals surface area contributed by atoms with E-state index in [9.17, 15) is 22.4 Å². The monoisotopic (exact) mass is 396 g/mol. The van der Waals surface area contributed by atoms with Gasteiger partial charge in [0.15, 0.2) is 5.69 Å². The Kier molecular flexibility index (Phi) is 5.24. The summed E-state index contributed by atoms with van der Waals surface area (Å²) in [4.78, 5) is 28.6. The highest BCUT2D eigenvalue weighted by Crippen LogP contribution is 2.32. The van der Waals surface area contributed by atoms with Crippen LogP contribution in [0.4, 0.5) is 9.52 Å². The summed E-state index contributed by atoms with van der Waals surface area (Å²) < 4.78 is 45.8. The first kappa shape index (κ1) is 19.0. The molecule has 11 nitrogen and oxygen atoms in total. The predicted molar refractivity (Wildman–Crippen MR) is 83.5 cm³/mol. The van der Waals surface area contributed by atoms with Crippen molar-refractivity contribution < 1.29 is 36.4 Å². The van der Waals surface area contributed by atoms with Crippen molar-refractivity contribution in [3.8, 4) is 0 Å². The van der Waals surface area contributed by atoms with E-state index < -0.39 is 40.9 Å². The fourth-order valence-corrected chi connectivity index (χ4v) is 4.00. The second-order valence-electron chi connectivity index (χ2n) is 4.83. The minimum Gasteiger partial charge on any atom is -0.395 e. The van der Waals surface area contributed by atoms with Gasteiger partial charge >= 0.3 is 15.4 Å². The van der Waals surface area contributed by atoms with Crippen LogP contribution in [-0.2, 0) is 24.7 Å². The first-order valence-electron chi connectivity index (χ1n) is 6.80.